The summed E-state index contributed by atoms with van der Waals surface area (Å²) in [5.74, 6) is 1.32. The van der Waals surface area contributed by atoms with E-state index in [1.54, 1.807) is 18.2 Å². The number of ether oxygens (including phenoxy) is 4. The minimum Gasteiger partial charge on any atom is -0.496 e. The molecule has 0 heterocycles. The lowest BCUT2D eigenvalue weighted by atomic mass is 10.1. The molecule has 3 aromatic carbocycles. The number of hydrogen-bond donors (Lipinski definition) is 1. The van der Waals surface area contributed by atoms with Crippen LogP contribution in [0, 0.1) is 0 Å². The summed E-state index contributed by atoms with van der Waals surface area (Å²) in [6, 6.07) is 19.1. The second-order valence-corrected chi connectivity index (χ2v) is 9.95. The van der Waals surface area contributed by atoms with Crippen LogP contribution in [0.1, 0.15) is 11.1 Å². The Kier molecular flexibility index (Phi) is 9.76. The van der Waals surface area contributed by atoms with Crippen LogP contribution in [0.25, 0.3) is 0 Å². The Balaban J connectivity index is 1.84. The predicted octanol–water partition coefficient (Wildman–Crippen LogP) is 3.27. The smallest absolute Gasteiger partial charge is 0.243 e. The van der Waals surface area contributed by atoms with Crippen molar-refractivity contribution in [2.45, 2.75) is 17.9 Å². The summed E-state index contributed by atoms with van der Waals surface area (Å²) in [6.45, 7) is -0.165. The first-order valence-electron chi connectivity index (χ1n) is 11.6. The molecule has 1 amide bonds. The van der Waals surface area contributed by atoms with Crippen LogP contribution in [0.2, 0.25) is 0 Å². The summed E-state index contributed by atoms with van der Waals surface area (Å²) < 4.78 is 49.7. The molecule has 0 unspecified atom stereocenters. The molecule has 3 rings (SSSR count). The van der Waals surface area contributed by atoms with E-state index in [2.05, 4.69) is 5.32 Å². The fourth-order valence-electron chi connectivity index (χ4n) is 3.81. The SMILES string of the molecule is COc1ccc(S(=O)(=O)N(CCc2ccccc2)CC(=O)NCc2c(OC)cccc2OC)cc1OC. The number of carbonyl (C=O) groups excluding carboxylic acids is 1. The molecule has 10 heteroatoms. The largest absolute Gasteiger partial charge is 0.496 e. The Bertz CT molecular complexity index is 1280. The van der Waals surface area contributed by atoms with Gasteiger partial charge in [0.1, 0.15) is 11.5 Å². The van der Waals surface area contributed by atoms with E-state index in [1.165, 1.54) is 46.6 Å². The molecule has 0 atom stereocenters. The lowest BCUT2D eigenvalue weighted by molar-refractivity contribution is -0.121. The Morgan fingerprint density at radius 3 is 2.00 bits per heavy atom. The number of sulfonamides is 1. The summed E-state index contributed by atoms with van der Waals surface area (Å²) in [5, 5.41) is 2.79. The van der Waals surface area contributed by atoms with E-state index in [0.29, 0.717) is 29.2 Å². The molecule has 0 fully saturated rings. The molecule has 198 valence electrons. The van der Waals surface area contributed by atoms with Gasteiger partial charge in [0.05, 0.1) is 52.0 Å². The van der Waals surface area contributed by atoms with E-state index in [9.17, 15) is 13.2 Å². The van der Waals surface area contributed by atoms with Gasteiger partial charge in [0.25, 0.3) is 0 Å². The monoisotopic (exact) mass is 528 g/mol. The van der Waals surface area contributed by atoms with Gasteiger partial charge in [0.2, 0.25) is 15.9 Å². The van der Waals surface area contributed by atoms with Crippen LogP contribution in [-0.2, 0) is 27.8 Å². The first kappa shape index (κ1) is 27.8. The molecule has 0 aliphatic heterocycles. The number of nitrogens with one attached hydrogen (secondary N) is 1. The number of benzene rings is 3. The third-order valence-corrected chi connectivity index (χ3v) is 7.64. The molecule has 0 spiro atoms. The van der Waals surface area contributed by atoms with Gasteiger partial charge in [0.15, 0.2) is 11.5 Å². The minimum atomic E-state index is -4.04. The second-order valence-electron chi connectivity index (χ2n) is 8.01. The molecule has 0 aliphatic carbocycles. The predicted molar refractivity (Wildman–Crippen MR) is 140 cm³/mol. The maximum Gasteiger partial charge on any atom is 0.243 e. The van der Waals surface area contributed by atoms with Crippen molar-refractivity contribution >= 4 is 15.9 Å². The van der Waals surface area contributed by atoms with E-state index in [0.717, 1.165) is 9.87 Å². The van der Waals surface area contributed by atoms with Gasteiger partial charge in [-0.3, -0.25) is 4.79 Å². The topological polar surface area (TPSA) is 103 Å². The molecule has 1 N–H and O–H groups in total. The summed E-state index contributed by atoms with van der Waals surface area (Å²) in [7, 11) is 1.92. The highest BCUT2D eigenvalue weighted by Gasteiger charge is 2.28. The second kappa shape index (κ2) is 13.0. The van der Waals surface area contributed by atoms with Crippen molar-refractivity contribution in [2.75, 3.05) is 41.5 Å². The number of nitrogens with zero attached hydrogens (tertiary/aromatic N) is 1. The van der Waals surface area contributed by atoms with Crippen molar-refractivity contribution in [3.8, 4) is 23.0 Å². The maximum atomic E-state index is 13.6. The molecule has 0 aliphatic rings. The van der Waals surface area contributed by atoms with Crippen molar-refractivity contribution in [3.63, 3.8) is 0 Å². The number of amides is 1. The molecular weight excluding hydrogens is 496 g/mol. The zero-order valence-corrected chi connectivity index (χ0v) is 22.2. The molecular formula is C27H32N2O7S. The fraction of sp³-hybridized carbons (Fsp3) is 0.296. The molecule has 3 aromatic rings. The van der Waals surface area contributed by atoms with Gasteiger partial charge < -0.3 is 24.3 Å². The van der Waals surface area contributed by atoms with Crippen molar-refractivity contribution in [1.82, 2.24) is 9.62 Å². The Hall–Kier alpha value is -3.76. The molecule has 0 aromatic heterocycles. The van der Waals surface area contributed by atoms with E-state index >= 15 is 0 Å². The van der Waals surface area contributed by atoms with Crippen LogP contribution in [0.5, 0.6) is 23.0 Å². The molecule has 9 nitrogen and oxygen atoms in total. The summed E-state index contributed by atoms with van der Waals surface area (Å²) in [6.07, 6.45) is 0.432. The van der Waals surface area contributed by atoms with Crippen LogP contribution >= 0.6 is 0 Å². The molecule has 0 saturated carbocycles. The van der Waals surface area contributed by atoms with Gasteiger partial charge in [-0.15, -0.1) is 0 Å². The Labute approximate surface area is 218 Å². The third-order valence-electron chi connectivity index (χ3n) is 5.80. The van der Waals surface area contributed by atoms with Gasteiger partial charge >= 0.3 is 0 Å². The average molecular weight is 529 g/mol. The zero-order chi connectivity index (χ0) is 26.8. The average Bonchev–Trinajstić information content (AvgIpc) is 2.93. The van der Waals surface area contributed by atoms with Crippen LogP contribution in [0.15, 0.2) is 71.6 Å². The fourth-order valence-corrected chi connectivity index (χ4v) is 5.23. The minimum absolute atomic E-state index is 0.00240. The number of carbonyl (C=O) groups is 1. The molecule has 0 radical (unpaired) electrons. The molecule has 0 bridgehead atoms. The van der Waals surface area contributed by atoms with Gasteiger partial charge in [-0.1, -0.05) is 36.4 Å². The number of rotatable bonds is 13. The van der Waals surface area contributed by atoms with Crippen LogP contribution in [-0.4, -0.2) is 60.2 Å². The van der Waals surface area contributed by atoms with Crippen LogP contribution < -0.4 is 24.3 Å². The molecule has 0 saturated heterocycles. The zero-order valence-electron chi connectivity index (χ0n) is 21.4. The van der Waals surface area contributed by atoms with Crippen molar-refractivity contribution in [3.05, 3.63) is 77.9 Å². The number of methoxy groups -OCH3 is 4. The highest BCUT2D eigenvalue weighted by Crippen LogP contribution is 2.31. The van der Waals surface area contributed by atoms with Crippen molar-refractivity contribution in [2.24, 2.45) is 0 Å². The first-order chi connectivity index (χ1) is 17.8. The van der Waals surface area contributed by atoms with Gasteiger partial charge in [-0.05, 0) is 36.2 Å². The normalized spacial score (nSPS) is 11.2. The Morgan fingerprint density at radius 1 is 0.784 bits per heavy atom. The van der Waals surface area contributed by atoms with E-state index < -0.39 is 15.9 Å². The number of hydrogen-bond acceptors (Lipinski definition) is 7. The standard InChI is InChI=1S/C27H32N2O7S/c1-33-23-11-8-12-24(34-2)22(23)18-28-27(30)19-29(16-15-20-9-6-5-7-10-20)37(31,32)21-13-14-25(35-3)26(17-21)36-4/h5-14,17H,15-16,18-19H2,1-4H3,(H,28,30). The summed E-state index contributed by atoms with van der Waals surface area (Å²) in [4.78, 5) is 13.0. The van der Waals surface area contributed by atoms with E-state index in [4.69, 9.17) is 18.9 Å². The lowest BCUT2D eigenvalue weighted by Gasteiger charge is -2.23. The Morgan fingerprint density at radius 2 is 1.41 bits per heavy atom. The highest BCUT2D eigenvalue weighted by atomic mass is 32.2. The highest BCUT2D eigenvalue weighted by molar-refractivity contribution is 7.89. The molecule has 37 heavy (non-hydrogen) atoms. The quantitative estimate of drug-likeness (QED) is 0.363. The third kappa shape index (κ3) is 6.93. The van der Waals surface area contributed by atoms with Gasteiger partial charge in [0, 0.05) is 12.6 Å². The lowest BCUT2D eigenvalue weighted by Crippen LogP contribution is -2.41. The van der Waals surface area contributed by atoms with Crippen molar-refractivity contribution < 1.29 is 32.2 Å². The van der Waals surface area contributed by atoms with Gasteiger partial charge in [-0.2, -0.15) is 4.31 Å². The van der Waals surface area contributed by atoms with Crippen molar-refractivity contribution in [1.29, 1.82) is 0 Å². The van der Waals surface area contributed by atoms with E-state index in [-0.39, 0.29) is 30.3 Å². The van der Waals surface area contributed by atoms with E-state index in [1.807, 2.05) is 30.3 Å². The maximum absolute atomic E-state index is 13.6. The summed E-state index contributed by atoms with van der Waals surface area (Å²) in [5.41, 5.74) is 1.61. The first-order valence-corrected chi connectivity index (χ1v) is 13.0. The van der Waals surface area contributed by atoms with Crippen LogP contribution in [0.4, 0.5) is 0 Å². The van der Waals surface area contributed by atoms with Crippen LogP contribution in [0.3, 0.4) is 0 Å². The van der Waals surface area contributed by atoms with Gasteiger partial charge in [-0.25, -0.2) is 8.42 Å². The summed E-state index contributed by atoms with van der Waals surface area (Å²) >= 11 is 0.